The number of nitrogens with two attached hydrogens (primary N) is 1. The summed E-state index contributed by atoms with van der Waals surface area (Å²) in [6, 6.07) is 2.13. The minimum atomic E-state index is -0.776. The van der Waals surface area contributed by atoms with Crippen LogP contribution in [-0.2, 0) is 4.79 Å². The molecule has 0 aliphatic rings. The van der Waals surface area contributed by atoms with Crippen molar-refractivity contribution in [2.75, 3.05) is 6.61 Å². The SMILES string of the molecule is Cc1cc(OCCCCC(=O)NN)c(F)cc1[N+](=O)[O-]. The number of hydrogen-bond donors (Lipinski definition) is 2. The molecule has 0 aliphatic carbocycles. The molecule has 0 saturated carbocycles. The van der Waals surface area contributed by atoms with Crippen molar-refractivity contribution >= 4 is 11.6 Å². The van der Waals surface area contributed by atoms with Gasteiger partial charge in [-0.25, -0.2) is 10.2 Å². The second kappa shape index (κ2) is 7.39. The minimum Gasteiger partial charge on any atom is -0.491 e. The first kappa shape index (κ1) is 15.8. The van der Waals surface area contributed by atoms with Gasteiger partial charge in [0.15, 0.2) is 11.6 Å². The number of unbranched alkanes of at least 4 members (excludes halogenated alkanes) is 1. The Hall–Kier alpha value is -2.22. The molecule has 0 unspecified atom stereocenters. The number of nitrogens with one attached hydrogen (secondary N) is 1. The molecule has 3 N–H and O–H groups in total. The highest BCUT2D eigenvalue weighted by molar-refractivity contribution is 5.75. The van der Waals surface area contributed by atoms with Gasteiger partial charge in [0, 0.05) is 12.0 Å². The van der Waals surface area contributed by atoms with Gasteiger partial charge in [-0.05, 0) is 25.8 Å². The molecule has 0 aliphatic heterocycles. The maximum absolute atomic E-state index is 13.6. The Morgan fingerprint density at radius 1 is 1.50 bits per heavy atom. The van der Waals surface area contributed by atoms with Crippen LogP contribution in [0.25, 0.3) is 0 Å². The van der Waals surface area contributed by atoms with E-state index in [4.69, 9.17) is 10.6 Å². The number of ether oxygens (including phenoxy) is 1. The normalized spacial score (nSPS) is 10.2. The van der Waals surface area contributed by atoms with Crippen molar-refractivity contribution in [1.29, 1.82) is 0 Å². The number of nitrogens with zero attached hydrogens (tertiary/aromatic N) is 1. The Labute approximate surface area is 115 Å². The van der Waals surface area contributed by atoms with Gasteiger partial charge in [-0.2, -0.15) is 0 Å². The molecule has 0 heterocycles. The molecule has 7 nitrogen and oxygen atoms in total. The minimum absolute atomic E-state index is 0.0311. The average molecular weight is 285 g/mol. The summed E-state index contributed by atoms with van der Waals surface area (Å²) in [7, 11) is 0. The van der Waals surface area contributed by atoms with Crippen molar-refractivity contribution in [3.8, 4) is 5.75 Å². The zero-order chi connectivity index (χ0) is 15.1. The molecule has 1 amide bonds. The molecular weight excluding hydrogens is 269 g/mol. The highest BCUT2D eigenvalue weighted by atomic mass is 19.1. The lowest BCUT2D eigenvalue weighted by molar-refractivity contribution is -0.385. The van der Waals surface area contributed by atoms with Crippen LogP contribution in [0.2, 0.25) is 0 Å². The second-order valence-electron chi connectivity index (χ2n) is 4.20. The Balaban J connectivity index is 2.51. The summed E-state index contributed by atoms with van der Waals surface area (Å²) in [6.07, 6.45) is 1.36. The van der Waals surface area contributed by atoms with E-state index in [9.17, 15) is 19.3 Å². The number of nitro groups is 1. The molecule has 1 aromatic carbocycles. The Kier molecular flexibility index (Phi) is 5.85. The predicted octanol–water partition coefficient (Wildman–Crippen LogP) is 1.58. The molecular formula is C12H16FN3O4. The quantitative estimate of drug-likeness (QED) is 0.260. The summed E-state index contributed by atoms with van der Waals surface area (Å²) in [4.78, 5) is 20.8. The van der Waals surface area contributed by atoms with Crippen LogP contribution in [0.15, 0.2) is 12.1 Å². The van der Waals surface area contributed by atoms with Crippen LogP contribution in [0, 0.1) is 22.9 Å². The monoisotopic (exact) mass is 285 g/mol. The van der Waals surface area contributed by atoms with Crippen LogP contribution < -0.4 is 16.0 Å². The number of rotatable bonds is 7. The van der Waals surface area contributed by atoms with Crippen LogP contribution in [-0.4, -0.2) is 17.4 Å². The van der Waals surface area contributed by atoms with E-state index < -0.39 is 10.7 Å². The van der Waals surface area contributed by atoms with Gasteiger partial charge in [-0.1, -0.05) is 0 Å². The first-order valence-corrected chi connectivity index (χ1v) is 6.02. The Bertz CT molecular complexity index is 508. The summed E-state index contributed by atoms with van der Waals surface area (Å²) >= 11 is 0. The van der Waals surface area contributed by atoms with E-state index in [1.54, 1.807) is 0 Å². The van der Waals surface area contributed by atoms with E-state index >= 15 is 0 Å². The highest BCUT2D eigenvalue weighted by Crippen LogP contribution is 2.27. The molecule has 0 fully saturated rings. The summed E-state index contributed by atoms with van der Waals surface area (Å²) in [5.41, 5.74) is 2.05. The van der Waals surface area contributed by atoms with Crippen LogP contribution in [0.1, 0.15) is 24.8 Å². The number of nitro benzene ring substituents is 1. The van der Waals surface area contributed by atoms with Gasteiger partial charge in [-0.15, -0.1) is 0 Å². The molecule has 1 aromatic rings. The Morgan fingerprint density at radius 2 is 2.20 bits per heavy atom. The van der Waals surface area contributed by atoms with Gasteiger partial charge in [0.2, 0.25) is 5.91 Å². The third-order valence-electron chi connectivity index (χ3n) is 2.66. The molecule has 0 radical (unpaired) electrons. The molecule has 20 heavy (non-hydrogen) atoms. The highest BCUT2D eigenvalue weighted by Gasteiger charge is 2.16. The van der Waals surface area contributed by atoms with Crippen molar-refractivity contribution in [1.82, 2.24) is 5.43 Å². The number of amides is 1. The maximum atomic E-state index is 13.6. The summed E-state index contributed by atoms with van der Waals surface area (Å²) in [5, 5.41) is 10.6. The Morgan fingerprint density at radius 3 is 2.80 bits per heavy atom. The summed E-state index contributed by atoms with van der Waals surface area (Å²) in [6.45, 7) is 1.72. The average Bonchev–Trinajstić information content (AvgIpc) is 2.40. The third-order valence-corrected chi connectivity index (χ3v) is 2.66. The first-order chi connectivity index (χ1) is 9.45. The second-order valence-corrected chi connectivity index (χ2v) is 4.20. The van der Waals surface area contributed by atoms with E-state index in [-0.39, 0.29) is 30.4 Å². The fraction of sp³-hybridized carbons (Fsp3) is 0.417. The lowest BCUT2D eigenvalue weighted by Gasteiger charge is -2.08. The van der Waals surface area contributed by atoms with E-state index in [0.717, 1.165) is 6.07 Å². The van der Waals surface area contributed by atoms with Crippen LogP contribution in [0.4, 0.5) is 10.1 Å². The lowest BCUT2D eigenvalue weighted by Crippen LogP contribution is -2.29. The smallest absolute Gasteiger partial charge is 0.275 e. The predicted molar refractivity (Wildman–Crippen MR) is 69.5 cm³/mol. The van der Waals surface area contributed by atoms with E-state index in [1.165, 1.54) is 13.0 Å². The molecule has 0 aromatic heterocycles. The van der Waals surface area contributed by atoms with Crippen molar-refractivity contribution in [2.45, 2.75) is 26.2 Å². The molecule has 1 rings (SSSR count). The first-order valence-electron chi connectivity index (χ1n) is 6.02. The largest absolute Gasteiger partial charge is 0.491 e. The topological polar surface area (TPSA) is 107 Å². The van der Waals surface area contributed by atoms with Crippen molar-refractivity contribution < 1.29 is 18.8 Å². The van der Waals surface area contributed by atoms with E-state index in [2.05, 4.69) is 0 Å². The zero-order valence-electron chi connectivity index (χ0n) is 11.0. The summed E-state index contributed by atoms with van der Waals surface area (Å²) in [5.74, 6) is 3.83. The van der Waals surface area contributed by atoms with Crippen molar-refractivity contribution in [3.63, 3.8) is 0 Å². The van der Waals surface area contributed by atoms with Crippen molar-refractivity contribution in [2.24, 2.45) is 5.84 Å². The molecule has 8 heteroatoms. The third kappa shape index (κ3) is 4.47. The summed E-state index contributed by atoms with van der Waals surface area (Å²) < 4.78 is 18.8. The number of carbonyl (C=O) groups excluding carboxylic acids is 1. The lowest BCUT2D eigenvalue weighted by atomic mass is 10.2. The number of carbonyl (C=O) groups is 1. The van der Waals surface area contributed by atoms with Gasteiger partial charge < -0.3 is 4.74 Å². The number of hydrazine groups is 1. The van der Waals surface area contributed by atoms with Gasteiger partial charge in [0.1, 0.15) is 0 Å². The number of benzene rings is 1. The van der Waals surface area contributed by atoms with Gasteiger partial charge in [0.25, 0.3) is 5.69 Å². The molecule has 110 valence electrons. The fourth-order valence-corrected chi connectivity index (χ4v) is 1.59. The van der Waals surface area contributed by atoms with Gasteiger partial charge >= 0.3 is 0 Å². The van der Waals surface area contributed by atoms with Gasteiger partial charge in [-0.3, -0.25) is 20.3 Å². The van der Waals surface area contributed by atoms with E-state index in [1.807, 2.05) is 5.43 Å². The number of hydrogen-bond acceptors (Lipinski definition) is 5. The maximum Gasteiger partial charge on any atom is 0.275 e. The molecule has 0 spiro atoms. The van der Waals surface area contributed by atoms with E-state index in [0.29, 0.717) is 18.4 Å². The van der Waals surface area contributed by atoms with Crippen LogP contribution in [0.3, 0.4) is 0 Å². The van der Waals surface area contributed by atoms with Crippen LogP contribution >= 0.6 is 0 Å². The fourth-order valence-electron chi connectivity index (χ4n) is 1.59. The van der Waals surface area contributed by atoms with Crippen LogP contribution in [0.5, 0.6) is 5.75 Å². The van der Waals surface area contributed by atoms with Crippen molar-refractivity contribution in [3.05, 3.63) is 33.6 Å². The standard InChI is InChI=1S/C12H16FN3O4/c1-8-6-11(9(13)7-10(8)16(18)19)20-5-3-2-4-12(17)15-14/h6-7H,2-5,14H2,1H3,(H,15,17). The zero-order valence-corrected chi connectivity index (χ0v) is 11.0. The van der Waals surface area contributed by atoms with Gasteiger partial charge in [0.05, 0.1) is 17.6 Å². The number of aryl methyl sites for hydroxylation is 1. The number of halogens is 1. The molecule has 0 bridgehead atoms. The molecule has 0 atom stereocenters. The molecule has 0 saturated heterocycles.